The molecule has 152 valence electrons. The number of hydrogen-bond acceptors (Lipinski definition) is 4. The molecule has 2 N–H and O–H groups in total. The van der Waals surface area contributed by atoms with Gasteiger partial charge in [-0.05, 0) is 68.7 Å². The molecule has 1 aromatic carbocycles. The average molecular weight is 408 g/mol. The van der Waals surface area contributed by atoms with Gasteiger partial charge in [-0.2, -0.15) is 5.01 Å². The zero-order chi connectivity index (χ0) is 20.3. The van der Waals surface area contributed by atoms with Crippen molar-refractivity contribution < 1.29 is 19.1 Å². The molecule has 7 nitrogen and oxygen atoms in total. The lowest BCUT2D eigenvalue weighted by atomic mass is 9.77. The number of urea groups is 1. The maximum absolute atomic E-state index is 12.7. The molecule has 1 saturated heterocycles. The Kier molecular flexibility index (Phi) is 6.13. The van der Waals surface area contributed by atoms with Gasteiger partial charge in [0.2, 0.25) is 5.91 Å². The van der Waals surface area contributed by atoms with Gasteiger partial charge in [0.1, 0.15) is 11.3 Å². The highest BCUT2D eigenvalue weighted by Gasteiger charge is 2.52. The van der Waals surface area contributed by atoms with Crippen LogP contribution < -0.4 is 15.5 Å². The van der Waals surface area contributed by atoms with Crippen LogP contribution in [0, 0.1) is 12.8 Å². The lowest BCUT2D eigenvalue weighted by molar-refractivity contribution is -0.140. The average Bonchev–Trinajstić information content (AvgIpc) is 2.87. The fourth-order valence-corrected chi connectivity index (χ4v) is 3.91. The van der Waals surface area contributed by atoms with Crippen molar-refractivity contribution in [2.24, 2.45) is 5.92 Å². The molecule has 1 spiro atoms. The van der Waals surface area contributed by atoms with E-state index in [9.17, 15) is 14.4 Å². The second-order valence-corrected chi connectivity index (χ2v) is 8.17. The number of hydrazine groups is 1. The maximum Gasteiger partial charge on any atom is 0.344 e. The number of ether oxygens (including phenoxy) is 1. The van der Waals surface area contributed by atoms with E-state index < -0.39 is 11.6 Å². The van der Waals surface area contributed by atoms with Crippen LogP contribution in [0.2, 0.25) is 5.02 Å². The minimum atomic E-state index is -0.855. The van der Waals surface area contributed by atoms with Gasteiger partial charge in [0.15, 0.2) is 0 Å². The van der Waals surface area contributed by atoms with Crippen molar-refractivity contribution in [3.8, 4) is 5.75 Å². The van der Waals surface area contributed by atoms with Crippen LogP contribution in [0.1, 0.15) is 51.0 Å². The smallest absolute Gasteiger partial charge is 0.344 e. The highest BCUT2D eigenvalue weighted by atomic mass is 35.5. The van der Waals surface area contributed by atoms with Crippen LogP contribution in [0.4, 0.5) is 4.79 Å². The molecule has 0 bridgehead atoms. The SMILES string of the molecule is Cc1cc(Cl)ccc1OCCCC(=O)NN1C(=O)NC2(CCC(C)CC2)C1=O. The first-order valence-corrected chi connectivity index (χ1v) is 10.0. The fraction of sp³-hybridized carbons (Fsp3) is 0.550. The van der Waals surface area contributed by atoms with Gasteiger partial charge in [0.05, 0.1) is 6.61 Å². The van der Waals surface area contributed by atoms with Crippen LogP contribution in [-0.4, -0.2) is 35.0 Å². The number of halogens is 1. The molecule has 3 rings (SSSR count). The number of carbonyl (C=O) groups is 3. The van der Waals surface area contributed by atoms with Crippen molar-refractivity contribution in [2.75, 3.05) is 6.61 Å². The van der Waals surface area contributed by atoms with Crippen LogP contribution in [-0.2, 0) is 9.59 Å². The van der Waals surface area contributed by atoms with Crippen LogP contribution in [0.5, 0.6) is 5.75 Å². The minimum absolute atomic E-state index is 0.147. The van der Waals surface area contributed by atoms with Crippen LogP contribution in [0.25, 0.3) is 0 Å². The topological polar surface area (TPSA) is 87.7 Å². The number of amides is 4. The number of hydrogen-bond donors (Lipinski definition) is 2. The van der Waals surface area contributed by atoms with Crippen molar-refractivity contribution in [1.29, 1.82) is 0 Å². The highest BCUT2D eigenvalue weighted by molar-refractivity contribution is 6.30. The molecule has 0 aromatic heterocycles. The molecule has 2 aliphatic rings. The normalized spacial score (nSPS) is 24.4. The molecule has 2 fully saturated rings. The number of imide groups is 1. The van der Waals surface area contributed by atoms with Gasteiger partial charge in [-0.1, -0.05) is 18.5 Å². The first kappa shape index (κ1) is 20.5. The Labute approximate surface area is 169 Å². The predicted octanol–water partition coefficient (Wildman–Crippen LogP) is 3.34. The van der Waals surface area contributed by atoms with Gasteiger partial charge in [0, 0.05) is 11.4 Å². The highest BCUT2D eigenvalue weighted by Crippen LogP contribution is 2.35. The lowest BCUT2D eigenvalue weighted by Crippen LogP contribution is -2.51. The number of benzene rings is 1. The summed E-state index contributed by atoms with van der Waals surface area (Å²) in [6, 6.07) is 4.79. The van der Waals surface area contributed by atoms with Crippen molar-refractivity contribution in [1.82, 2.24) is 15.8 Å². The Hall–Kier alpha value is -2.28. The maximum atomic E-state index is 12.7. The molecular formula is C20H26ClN3O4. The number of carbonyl (C=O) groups excluding carboxylic acids is 3. The van der Waals surface area contributed by atoms with Crippen molar-refractivity contribution in [2.45, 2.75) is 57.9 Å². The molecule has 1 aromatic rings. The third kappa shape index (κ3) is 4.41. The van der Waals surface area contributed by atoms with E-state index in [1.807, 2.05) is 13.0 Å². The molecule has 4 amide bonds. The molecule has 1 heterocycles. The second kappa shape index (κ2) is 8.39. The molecule has 0 atom stereocenters. The molecule has 1 aliphatic heterocycles. The predicted molar refractivity (Wildman–Crippen MR) is 105 cm³/mol. The summed E-state index contributed by atoms with van der Waals surface area (Å²) in [6.07, 6.45) is 3.59. The third-order valence-corrected chi connectivity index (χ3v) is 5.70. The first-order valence-electron chi connectivity index (χ1n) is 9.66. The summed E-state index contributed by atoms with van der Waals surface area (Å²) in [5.74, 6) is 0.516. The first-order chi connectivity index (χ1) is 13.3. The van der Waals surface area contributed by atoms with E-state index in [0.717, 1.165) is 23.4 Å². The minimum Gasteiger partial charge on any atom is -0.493 e. The number of aryl methyl sites for hydroxylation is 1. The Balaban J connectivity index is 1.45. The van der Waals surface area contributed by atoms with E-state index in [0.29, 0.717) is 42.6 Å². The van der Waals surface area contributed by atoms with E-state index >= 15 is 0 Å². The van der Waals surface area contributed by atoms with Gasteiger partial charge in [-0.15, -0.1) is 0 Å². The zero-order valence-corrected chi connectivity index (χ0v) is 17.0. The van der Waals surface area contributed by atoms with Crippen LogP contribution >= 0.6 is 11.6 Å². The summed E-state index contributed by atoms with van der Waals surface area (Å²) < 4.78 is 5.66. The van der Waals surface area contributed by atoms with Gasteiger partial charge < -0.3 is 10.1 Å². The molecular weight excluding hydrogens is 382 g/mol. The van der Waals surface area contributed by atoms with Gasteiger partial charge in [-0.25, -0.2) is 4.79 Å². The molecule has 1 aliphatic carbocycles. The fourth-order valence-electron chi connectivity index (χ4n) is 3.69. The van der Waals surface area contributed by atoms with Gasteiger partial charge in [-0.3, -0.25) is 15.0 Å². The van der Waals surface area contributed by atoms with E-state index in [2.05, 4.69) is 17.7 Å². The standard InChI is InChI=1S/C20H26ClN3O4/c1-13-7-9-20(10-8-13)18(26)24(19(27)22-20)23-17(25)4-3-11-28-16-6-5-15(21)12-14(16)2/h5-6,12-13H,3-4,7-11H2,1-2H3,(H,22,27)(H,23,25). The van der Waals surface area contributed by atoms with Crippen molar-refractivity contribution >= 4 is 29.4 Å². The quantitative estimate of drug-likeness (QED) is 0.559. The summed E-state index contributed by atoms with van der Waals surface area (Å²) in [4.78, 5) is 37.1. The van der Waals surface area contributed by atoms with E-state index in [4.69, 9.17) is 16.3 Å². The molecule has 0 radical (unpaired) electrons. The summed E-state index contributed by atoms with van der Waals surface area (Å²) in [7, 11) is 0. The summed E-state index contributed by atoms with van der Waals surface area (Å²) in [5, 5.41) is 4.26. The lowest BCUT2D eigenvalue weighted by Gasteiger charge is -2.33. The Morgan fingerprint density at radius 2 is 2.07 bits per heavy atom. The summed E-state index contributed by atoms with van der Waals surface area (Å²) in [5.41, 5.74) is 2.50. The zero-order valence-electron chi connectivity index (χ0n) is 16.2. The number of rotatable bonds is 6. The van der Waals surface area contributed by atoms with E-state index in [1.54, 1.807) is 12.1 Å². The van der Waals surface area contributed by atoms with Crippen molar-refractivity contribution in [3.63, 3.8) is 0 Å². The molecule has 0 unspecified atom stereocenters. The van der Waals surface area contributed by atoms with Crippen LogP contribution in [0.15, 0.2) is 18.2 Å². The van der Waals surface area contributed by atoms with Gasteiger partial charge >= 0.3 is 6.03 Å². The van der Waals surface area contributed by atoms with Crippen LogP contribution in [0.3, 0.4) is 0 Å². The number of nitrogens with one attached hydrogen (secondary N) is 2. The molecule has 28 heavy (non-hydrogen) atoms. The molecule has 8 heteroatoms. The van der Waals surface area contributed by atoms with Crippen molar-refractivity contribution in [3.05, 3.63) is 28.8 Å². The van der Waals surface area contributed by atoms with E-state index in [1.165, 1.54) is 0 Å². The number of nitrogens with zero attached hydrogens (tertiary/aromatic N) is 1. The summed E-state index contributed by atoms with van der Waals surface area (Å²) >= 11 is 5.91. The monoisotopic (exact) mass is 407 g/mol. The summed E-state index contributed by atoms with van der Waals surface area (Å²) in [6.45, 7) is 4.38. The largest absolute Gasteiger partial charge is 0.493 e. The third-order valence-electron chi connectivity index (χ3n) is 5.47. The Bertz CT molecular complexity index is 775. The molecule has 1 saturated carbocycles. The second-order valence-electron chi connectivity index (χ2n) is 7.73. The van der Waals surface area contributed by atoms with Gasteiger partial charge in [0.25, 0.3) is 5.91 Å². The Morgan fingerprint density at radius 1 is 1.36 bits per heavy atom. The van der Waals surface area contributed by atoms with E-state index in [-0.39, 0.29) is 18.2 Å². The Morgan fingerprint density at radius 3 is 2.75 bits per heavy atom.